The Morgan fingerprint density at radius 2 is 0.976 bits per heavy atom. The Labute approximate surface area is 240 Å². The third-order valence-corrected chi connectivity index (χ3v) is 7.25. The second kappa shape index (κ2) is 11.9. The molecule has 0 N–H and O–H groups in total. The summed E-state index contributed by atoms with van der Waals surface area (Å²) in [5.74, 6) is 1.96. The summed E-state index contributed by atoms with van der Waals surface area (Å²) in [6.07, 6.45) is 0. The van der Waals surface area contributed by atoms with Gasteiger partial charge in [0.2, 0.25) is 0 Å². The van der Waals surface area contributed by atoms with Crippen molar-refractivity contribution >= 4 is 11.8 Å². The van der Waals surface area contributed by atoms with Crippen molar-refractivity contribution in [3.8, 4) is 23.0 Å². The van der Waals surface area contributed by atoms with Crippen LogP contribution in [0, 0.1) is 0 Å². The third kappa shape index (κ3) is 6.04. The smallest absolute Gasteiger partial charge is 0.343 e. The Morgan fingerprint density at radius 3 is 1.46 bits per heavy atom. The van der Waals surface area contributed by atoms with E-state index in [0.29, 0.717) is 28.4 Å². The van der Waals surface area contributed by atoms with Gasteiger partial charge in [0.05, 0.1) is 12.7 Å². The number of rotatable bonds is 9. The van der Waals surface area contributed by atoms with Gasteiger partial charge in [-0.05, 0) is 103 Å². The topological polar surface area (TPSA) is 61.8 Å². The number of hydrogen-bond donors (Lipinski definition) is 0. The van der Waals surface area contributed by atoms with Gasteiger partial charge in [-0.3, -0.25) is 4.79 Å². The molecule has 0 radical (unpaired) electrons. The van der Waals surface area contributed by atoms with Gasteiger partial charge < -0.3 is 14.2 Å². The first-order valence-electron chi connectivity index (χ1n) is 13.3. The number of benzene rings is 5. The lowest BCUT2D eigenvalue weighted by molar-refractivity contribution is 0.0734. The minimum atomic E-state index is -0.462. The van der Waals surface area contributed by atoms with Gasteiger partial charge in [-0.25, -0.2) is 4.79 Å². The van der Waals surface area contributed by atoms with Gasteiger partial charge in [-0.2, -0.15) is 0 Å². The van der Waals surface area contributed by atoms with Crippen molar-refractivity contribution in [1.29, 1.82) is 0 Å². The molecule has 0 aliphatic rings. The zero-order valence-electron chi connectivity index (χ0n) is 23.2. The molecule has 0 aliphatic carbocycles. The monoisotopic (exact) mass is 542 g/mol. The molecule has 41 heavy (non-hydrogen) atoms. The molecule has 0 saturated heterocycles. The van der Waals surface area contributed by atoms with Crippen molar-refractivity contribution in [3.05, 3.63) is 155 Å². The van der Waals surface area contributed by atoms with E-state index in [-0.39, 0.29) is 5.78 Å². The average molecular weight is 543 g/mol. The van der Waals surface area contributed by atoms with E-state index in [1.165, 1.54) is 6.92 Å². The molecule has 0 aliphatic heterocycles. The van der Waals surface area contributed by atoms with Crippen LogP contribution in [0.5, 0.6) is 23.0 Å². The molecule has 0 aromatic heterocycles. The van der Waals surface area contributed by atoms with Crippen molar-refractivity contribution in [1.82, 2.24) is 0 Å². The lowest BCUT2D eigenvalue weighted by Gasteiger charge is -2.32. The largest absolute Gasteiger partial charge is 0.497 e. The first kappa shape index (κ1) is 27.4. The SMILES string of the molecule is COc1ccc(C(C)(c2ccccc2)c2ccc(OC(=O)c3ccc(Oc4ccc(C(C)=O)cc4)cc3)cc2)cc1. The van der Waals surface area contributed by atoms with Crippen molar-refractivity contribution < 1.29 is 23.8 Å². The number of esters is 1. The highest BCUT2D eigenvalue weighted by atomic mass is 16.5. The van der Waals surface area contributed by atoms with Gasteiger partial charge in [0, 0.05) is 11.0 Å². The van der Waals surface area contributed by atoms with Crippen molar-refractivity contribution in [2.24, 2.45) is 0 Å². The first-order valence-corrected chi connectivity index (χ1v) is 13.3. The highest BCUT2D eigenvalue weighted by Crippen LogP contribution is 2.40. The molecule has 5 aromatic rings. The van der Waals surface area contributed by atoms with Crippen LogP contribution in [-0.4, -0.2) is 18.9 Å². The van der Waals surface area contributed by atoms with Crippen LogP contribution in [0.15, 0.2) is 127 Å². The van der Waals surface area contributed by atoms with Crippen LogP contribution in [0.25, 0.3) is 0 Å². The predicted molar refractivity (Wildman–Crippen MR) is 159 cm³/mol. The molecule has 5 rings (SSSR count). The Bertz CT molecular complexity index is 1620. The summed E-state index contributed by atoms with van der Waals surface area (Å²) >= 11 is 0. The van der Waals surface area contributed by atoms with Crippen LogP contribution in [0.3, 0.4) is 0 Å². The minimum Gasteiger partial charge on any atom is -0.497 e. The third-order valence-electron chi connectivity index (χ3n) is 7.25. The van der Waals surface area contributed by atoms with E-state index in [2.05, 4.69) is 31.2 Å². The number of methoxy groups -OCH3 is 1. The van der Waals surface area contributed by atoms with E-state index in [4.69, 9.17) is 14.2 Å². The van der Waals surface area contributed by atoms with Crippen molar-refractivity contribution in [2.45, 2.75) is 19.3 Å². The maximum Gasteiger partial charge on any atom is 0.343 e. The summed E-state index contributed by atoms with van der Waals surface area (Å²) in [5.41, 5.74) is 3.91. The van der Waals surface area contributed by atoms with E-state index in [1.54, 1.807) is 55.6 Å². The van der Waals surface area contributed by atoms with Crippen LogP contribution in [0.1, 0.15) is 51.3 Å². The molecular formula is C36H30O5. The summed E-state index contributed by atoms with van der Waals surface area (Å²) in [7, 11) is 1.66. The lowest BCUT2D eigenvalue weighted by atomic mass is 9.71. The number of ketones is 1. The van der Waals surface area contributed by atoms with E-state index in [0.717, 1.165) is 22.4 Å². The number of carbonyl (C=O) groups is 2. The van der Waals surface area contributed by atoms with Crippen LogP contribution in [0.2, 0.25) is 0 Å². The maximum atomic E-state index is 12.9. The first-order chi connectivity index (χ1) is 19.9. The fraction of sp³-hybridized carbons (Fsp3) is 0.111. The zero-order valence-corrected chi connectivity index (χ0v) is 23.2. The van der Waals surface area contributed by atoms with Gasteiger partial charge in [-0.15, -0.1) is 0 Å². The molecule has 0 saturated carbocycles. The Morgan fingerprint density at radius 1 is 0.537 bits per heavy atom. The molecule has 204 valence electrons. The van der Waals surface area contributed by atoms with Crippen LogP contribution in [-0.2, 0) is 5.41 Å². The molecule has 0 bridgehead atoms. The van der Waals surface area contributed by atoms with Crippen LogP contribution >= 0.6 is 0 Å². The highest BCUT2D eigenvalue weighted by molar-refractivity contribution is 5.94. The minimum absolute atomic E-state index is 0.00323. The molecule has 0 spiro atoms. The Hall–Kier alpha value is -5.16. The molecule has 5 aromatic carbocycles. The van der Waals surface area contributed by atoms with E-state index < -0.39 is 11.4 Å². The van der Waals surface area contributed by atoms with Crippen molar-refractivity contribution in [2.75, 3.05) is 7.11 Å². The van der Waals surface area contributed by atoms with Gasteiger partial charge in [0.25, 0.3) is 0 Å². The second-order valence-corrected chi connectivity index (χ2v) is 9.84. The Balaban J connectivity index is 1.31. The van der Waals surface area contributed by atoms with E-state index in [1.807, 2.05) is 54.6 Å². The lowest BCUT2D eigenvalue weighted by Crippen LogP contribution is -2.25. The number of ether oxygens (including phenoxy) is 3. The average Bonchev–Trinajstić information content (AvgIpc) is 3.02. The van der Waals surface area contributed by atoms with Gasteiger partial charge in [0.1, 0.15) is 23.0 Å². The normalized spacial score (nSPS) is 12.2. The second-order valence-electron chi connectivity index (χ2n) is 9.84. The zero-order chi connectivity index (χ0) is 28.8. The van der Waals surface area contributed by atoms with Gasteiger partial charge in [0.15, 0.2) is 5.78 Å². The molecule has 5 nitrogen and oxygen atoms in total. The standard InChI is InChI=1S/C36H30O5/c1-25(37)26-9-17-32(18-10-26)40-33-19-11-27(12-20-33)35(38)41-34-23-15-30(16-24-34)36(2,28-7-5-4-6-8-28)29-13-21-31(39-3)22-14-29/h4-24H,1-3H3. The summed E-state index contributed by atoms with van der Waals surface area (Å²) in [4.78, 5) is 24.3. The van der Waals surface area contributed by atoms with Gasteiger partial charge >= 0.3 is 5.97 Å². The molecule has 0 fully saturated rings. The molecule has 0 amide bonds. The molecule has 1 unspecified atom stereocenters. The molecular weight excluding hydrogens is 512 g/mol. The summed E-state index contributed by atoms with van der Waals surface area (Å²) in [6, 6.07) is 39.7. The molecule has 0 heterocycles. The van der Waals surface area contributed by atoms with E-state index in [9.17, 15) is 9.59 Å². The summed E-state index contributed by atoms with van der Waals surface area (Å²) in [5, 5.41) is 0. The van der Waals surface area contributed by atoms with Crippen molar-refractivity contribution in [3.63, 3.8) is 0 Å². The van der Waals surface area contributed by atoms with Crippen LogP contribution < -0.4 is 14.2 Å². The van der Waals surface area contributed by atoms with E-state index >= 15 is 0 Å². The maximum absolute atomic E-state index is 12.9. The summed E-state index contributed by atoms with van der Waals surface area (Å²) < 4.78 is 16.9. The fourth-order valence-corrected chi connectivity index (χ4v) is 4.77. The summed E-state index contributed by atoms with van der Waals surface area (Å²) in [6.45, 7) is 3.71. The predicted octanol–water partition coefficient (Wildman–Crippen LogP) is 8.26. The van der Waals surface area contributed by atoms with Gasteiger partial charge in [-0.1, -0.05) is 54.6 Å². The molecule has 5 heteroatoms. The number of carbonyl (C=O) groups excluding carboxylic acids is 2. The number of hydrogen-bond acceptors (Lipinski definition) is 5. The molecule has 1 atom stereocenters. The quantitative estimate of drug-likeness (QED) is 0.0812. The van der Waals surface area contributed by atoms with Crippen LogP contribution in [0.4, 0.5) is 0 Å². The Kier molecular flexibility index (Phi) is 7.97. The highest BCUT2D eigenvalue weighted by Gasteiger charge is 2.31. The number of Topliss-reactive ketones (excluding diaryl/α,β-unsaturated/α-hetero) is 1. The fourth-order valence-electron chi connectivity index (χ4n) is 4.77.